The van der Waals surface area contributed by atoms with Crippen molar-refractivity contribution in [1.82, 2.24) is 15.1 Å². The fourth-order valence-corrected chi connectivity index (χ4v) is 2.83. The molecule has 98 valence electrons. The number of aryl methyl sites for hydroxylation is 2. The first-order chi connectivity index (χ1) is 7.81. The zero-order valence-electron chi connectivity index (χ0n) is 10.9. The maximum atomic E-state index is 11.1. The molecule has 5 nitrogen and oxygen atoms in total. The van der Waals surface area contributed by atoms with E-state index in [1.54, 1.807) is 0 Å². The van der Waals surface area contributed by atoms with Gasteiger partial charge < -0.3 is 5.32 Å². The van der Waals surface area contributed by atoms with E-state index in [4.69, 9.17) is 0 Å². The summed E-state index contributed by atoms with van der Waals surface area (Å²) in [6, 6.07) is 1.97. The van der Waals surface area contributed by atoms with Crippen LogP contribution in [0.25, 0.3) is 0 Å². The molecule has 0 aliphatic heterocycles. The first-order valence-corrected chi connectivity index (χ1v) is 7.82. The Morgan fingerprint density at radius 2 is 2.18 bits per heavy atom. The van der Waals surface area contributed by atoms with Crippen LogP contribution in [0.4, 0.5) is 0 Å². The summed E-state index contributed by atoms with van der Waals surface area (Å²) < 4.78 is 24.2. The lowest BCUT2D eigenvalue weighted by Crippen LogP contribution is -2.32. The summed E-state index contributed by atoms with van der Waals surface area (Å²) in [4.78, 5) is 0. The lowest BCUT2D eigenvalue weighted by Gasteiger charge is -2.13. The smallest absolute Gasteiger partial charge is 0.148 e. The number of rotatable bonds is 6. The Labute approximate surface area is 103 Å². The Morgan fingerprint density at radius 1 is 1.53 bits per heavy atom. The summed E-state index contributed by atoms with van der Waals surface area (Å²) in [6.45, 7) is 7.34. The minimum Gasteiger partial charge on any atom is -0.308 e. The molecule has 1 rings (SSSR count). The van der Waals surface area contributed by atoms with Crippen LogP contribution >= 0.6 is 0 Å². The Morgan fingerprint density at radius 3 is 2.71 bits per heavy atom. The maximum Gasteiger partial charge on any atom is 0.148 e. The Hall–Kier alpha value is -0.880. The molecule has 17 heavy (non-hydrogen) atoms. The molecule has 0 radical (unpaired) electrons. The van der Waals surface area contributed by atoms with Crippen molar-refractivity contribution in [3.8, 4) is 0 Å². The van der Waals surface area contributed by atoms with Crippen LogP contribution in [0.15, 0.2) is 6.07 Å². The Bertz CT molecular complexity index is 465. The standard InChI is InChI=1S/C11H21N3O2S/c1-5-14-11(6-9(2)13-14)7-12-10(3)8-17(4,15)16/h6,10,12H,5,7-8H2,1-4H3. The van der Waals surface area contributed by atoms with Crippen LogP contribution in [0, 0.1) is 6.92 Å². The van der Waals surface area contributed by atoms with E-state index in [-0.39, 0.29) is 11.8 Å². The second-order valence-corrected chi connectivity index (χ2v) is 6.65. The van der Waals surface area contributed by atoms with Crippen LogP contribution in [-0.4, -0.2) is 36.2 Å². The number of hydrogen-bond donors (Lipinski definition) is 1. The number of hydrogen-bond acceptors (Lipinski definition) is 4. The lowest BCUT2D eigenvalue weighted by molar-refractivity contribution is 0.531. The highest BCUT2D eigenvalue weighted by atomic mass is 32.2. The van der Waals surface area contributed by atoms with Crippen LogP contribution in [0.5, 0.6) is 0 Å². The molecule has 1 heterocycles. The third-order valence-electron chi connectivity index (χ3n) is 2.47. The van der Waals surface area contributed by atoms with Crippen molar-refractivity contribution < 1.29 is 8.42 Å². The van der Waals surface area contributed by atoms with E-state index in [0.29, 0.717) is 6.54 Å². The van der Waals surface area contributed by atoms with Gasteiger partial charge in [-0.05, 0) is 26.8 Å². The highest BCUT2D eigenvalue weighted by Crippen LogP contribution is 2.04. The third-order valence-corrected chi connectivity index (χ3v) is 3.57. The summed E-state index contributed by atoms with van der Waals surface area (Å²) in [6.07, 6.45) is 1.26. The molecule has 0 fully saturated rings. The van der Waals surface area contributed by atoms with E-state index < -0.39 is 9.84 Å². The SMILES string of the molecule is CCn1nc(C)cc1CNC(C)CS(C)(=O)=O. The Balaban J connectivity index is 2.55. The fraction of sp³-hybridized carbons (Fsp3) is 0.727. The molecule has 0 bridgehead atoms. The largest absolute Gasteiger partial charge is 0.308 e. The zero-order valence-corrected chi connectivity index (χ0v) is 11.7. The molecule has 0 amide bonds. The van der Waals surface area contributed by atoms with E-state index in [1.807, 2.05) is 31.5 Å². The van der Waals surface area contributed by atoms with Crippen molar-refractivity contribution in [1.29, 1.82) is 0 Å². The van der Waals surface area contributed by atoms with Gasteiger partial charge in [-0.2, -0.15) is 5.10 Å². The third kappa shape index (κ3) is 4.87. The summed E-state index contributed by atoms with van der Waals surface area (Å²) in [7, 11) is -2.92. The van der Waals surface area contributed by atoms with Crippen LogP contribution in [-0.2, 0) is 22.9 Å². The number of nitrogens with one attached hydrogen (secondary N) is 1. The molecule has 0 aliphatic rings. The summed E-state index contributed by atoms with van der Waals surface area (Å²) >= 11 is 0. The Kier molecular flexibility index (Phi) is 4.70. The molecule has 1 unspecified atom stereocenters. The van der Waals surface area contributed by atoms with Gasteiger partial charge in [0.05, 0.1) is 17.1 Å². The monoisotopic (exact) mass is 259 g/mol. The molecule has 6 heteroatoms. The fourth-order valence-electron chi connectivity index (χ4n) is 1.81. The average molecular weight is 259 g/mol. The molecule has 0 spiro atoms. The molecule has 1 aromatic heterocycles. The molecular formula is C11H21N3O2S. The van der Waals surface area contributed by atoms with Crippen molar-refractivity contribution in [3.63, 3.8) is 0 Å². The average Bonchev–Trinajstić information content (AvgIpc) is 2.53. The van der Waals surface area contributed by atoms with Crippen molar-refractivity contribution in [2.24, 2.45) is 0 Å². The van der Waals surface area contributed by atoms with Crippen LogP contribution in [0.3, 0.4) is 0 Å². The van der Waals surface area contributed by atoms with Gasteiger partial charge in [-0.1, -0.05) is 0 Å². The van der Waals surface area contributed by atoms with Crippen LogP contribution in [0.1, 0.15) is 25.2 Å². The predicted octanol–water partition coefficient (Wildman–Crippen LogP) is 0.734. The second-order valence-electron chi connectivity index (χ2n) is 4.47. The summed E-state index contributed by atoms with van der Waals surface area (Å²) in [5, 5.41) is 7.54. The minimum atomic E-state index is -2.92. The quantitative estimate of drug-likeness (QED) is 0.818. The van der Waals surface area contributed by atoms with E-state index in [1.165, 1.54) is 6.26 Å². The first kappa shape index (κ1) is 14.2. The molecule has 1 aromatic rings. The topological polar surface area (TPSA) is 64.0 Å². The van der Waals surface area contributed by atoms with Crippen molar-refractivity contribution >= 4 is 9.84 Å². The van der Waals surface area contributed by atoms with Gasteiger partial charge in [-0.25, -0.2) is 8.42 Å². The van der Waals surface area contributed by atoms with Crippen LogP contribution in [0.2, 0.25) is 0 Å². The van der Waals surface area contributed by atoms with Gasteiger partial charge >= 0.3 is 0 Å². The first-order valence-electron chi connectivity index (χ1n) is 5.76. The van der Waals surface area contributed by atoms with Gasteiger partial charge in [-0.15, -0.1) is 0 Å². The van der Waals surface area contributed by atoms with Gasteiger partial charge in [0.15, 0.2) is 0 Å². The molecule has 1 N–H and O–H groups in total. The predicted molar refractivity (Wildman–Crippen MR) is 68.7 cm³/mol. The van der Waals surface area contributed by atoms with Gasteiger partial charge in [0, 0.05) is 25.4 Å². The highest BCUT2D eigenvalue weighted by molar-refractivity contribution is 7.90. The van der Waals surface area contributed by atoms with Gasteiger partial charge in [0.25, 0.3) is 0 Å². The van der Waals surface area contributed by atoms with Gasteiger partial charge in [0.2, 0.25) is 0 Å². The summed E-state index contributed by atoms with van der Waals surface area (Å²) in [5.41, 5.74) is 2.07. The molecule has 0 aliphatic carbocycles. The number of sulfone groups is 1. The van der Waals surface area contributed by atoms with E-state index in [9.17, 15) is 8.42 Å². The van der Waals surface area contributed by atoms with Crippen molar-refractivity contribution in [3.05, 3.63) is 17.5 Å². The van der Waals surface area contributed by atoms with E-state index in [2.05, 4.69) is 10.4 Å². The highest BCUT2D eigenvalue weighted by Gasteiger charge is 2.11. The molecule has 1 atom stereocenters. The van der Waals surface area contributed by atoms with Crippen LogP contribution < -0.4 is 5.32 Å². The molecule has 0 saturated carbocycles. The molecular weight excluding hydrogens is 238 g/mol. The lowest BCUT2D eigenvalue weighted by atomic mass is 10.3. The van der Waals surface area contributed by atoms with Crippen molar-refractivity contribution in [2.75, 3.05) is 12.0 Å². The maximum absolute atomic E-state index is 11.1. The summed E-state index contributed by atoms with van der Waals surface area (Å²) in [5.74, 6) is 0.159. The van der Waals surface area contributed by atoms with Gasteiger partial charge in [-0.3, -0.25) is 4.68 Å². The minimum absolute atomic E-state index is 0.0505. The second kappa shape index (κ2) is 5.64. The van der Waals surface area contributed by atoms with Gasteiger partial charge in [0.1, 0.15) is 9.84 Å². The molecule has 0 aromatic carbocycles. The van der Waals surface area contributed by atoms with E-state index in [0.717, 1.165) is 17.9 Å². The number of nitrogens with zero attached hydrogens (tertiary/aromatic N) is 2. The molecule has 0 saturated heterocycles. The van der Waals surface area contributed by atoms with E-state index >= 15 is 0 Å². The van der Waals surface area contributed by atoms with Crippen molar-refractivity contribution in [2.45, 2.75) is 39.9 Å². The zero-order chi connectivity index (χ0) is 13.1. The number of aromatic nitrogens is 2. The normalized spacial score (nSPS) is 13.9.